The van der Waals surface area contributed by atoms with E-state index in [-0.39, 0.29) is 5.69 Å². The van der Waals surface area contributed by atoms with Crippen molar-refractivity contribution in [2.75, 3.05) is 40.6 Å². The molecule has 2 rings (SSSR count). The summed E-state index contributed by atoms with van der Waals surface area (Å²) in [6.45, 7) is 1.32. The van der Waals surface area contributed by atoms with Gasteiger partial charge < -0.3 is 14.4 Å². The van der Waals surface area contributed by atoms with E-state index in [4.69, 9.17) is 9.47 Å². The van der Waals surface area contributed by atoms with Crippen LogP contribution in [0.4, 0.5) is 5.69 Å². The largest absolute Gasteiger partial charge is 0.493 e. The van der Waals surface area contributed by atoms with Crippen LogP contribution in [0.2, 0.25) is 0 Å². The highest BCUT2D eigenvalue weighted by Gasteiger charge is 2.23. The number of nitro benzene ring substituents is 1. The molecule has 0 saturated carbocycles. The van der Waals surface area contributed by atoms with Crippen molar-refractivity contribution in [1.29, 1.82) is 0 Å². The van der Waals surface area contributed by atoms with Gasteiger partial charge in [0.05, 0.1) is 30.3 Å². The number of rotatable bonds is 9. The van der Waals surface area contributed by atoms with Gasteiger partial charge in [0.2, 0.25) is 0 Å². The minimum Gasteiger partial charge on any atom is -0.493 e. The van der Waals surface area contributed by atoms with Crippen LogP contribution in [0.15, 0.2) is 35.5 Å². The first-order valence-corrected chi connectivity index (χ1v) is 9.33. The lowest BCUT2D eigenvalue weighted by Gasteiger charge is -2.15. The molecule has 0 aliphatic carbocycles. The molecule has 1 aromatic carbocycles. The quantitative estimate of drug-likeness (QED) is 0.285. The third-order valence-corrected chi connectivity index (χ3v) is 4.45. The zero-order valence-electron chi connectivity index (χ0n) is 15.4. The molecule has 0 atom stereocenters. The molecule has 0 fully saturated rings. The average molecular weight is 377 g/mol. The second-order valence-electron chi connectivity index (χ2n) is 5.84. The monoisotopic (exact) mass is 377 g/mol. The van der Waals surface area contributed by atoms with E-state index >= 15 is 0 Å². The molecule has 0 aliphatic heterocycles. The van der Waals surface area contributed by atoms with E-state index in [2.05, 4.69) is 9.88 Å². The summed E-state index contributed by atoms with van der Waals surface area (Å²) in [5.41, 5.74) is 1.13. The molecular formula is C18H23N3O4S. The minimum atomic E-state index is -0.404. The van der Waals surface area contributed by atoms with Gasteiger partial charge >= 0.3 is 0 Å². The Kier molecular flexibility index (Phi) is 7.23. The van der Waals surface area contributed by atoms with Crippen molar-refractivity contribution >= 4 is 17.4 Å². The van der Waals surface area contributed by atoms with Crippen LogP contribution in [0.5, 0.6) is 11.5 Å². The molecule has 0 aliphatic rings. The molecule has 1 aromatic heterocycles. The maximum Gasteiger partial charge on any atom is 0.281 e. The Morgan fingerprint density at radius 1 is 1.27 bits per heavy atom. The average Bonchev–Trinajstić information content (AvgIpc) is 2.64. The lowest BCUT2D eigenvalue weighted by Crippen LogP contribution is -2.15. The van der Waals surface area contributed by atoms with Crippen molar-refractivity contribution < 1.29 is 14.4 Å². The smallest absolute Gasteiger partial charge is 0.281 e. The molecule has 0 amide bonds. The van der Waals surface area contributed by atoms with Gasteiger partial charge in [-0.2, -0.15) is 0 Å². The van der Waals surface area contributed by atoms with Crippen molar-refractivity contribution in [3.8, 4) is 22.6 Å². The normalized spacial score (nSPS) is 10.8. The highest BCUT2D eigenvalue weighted by Crippen LogP contribution is 2.42. The summed E-state index contributed by atoms with van der Waals surface area (Å²) < 4.78 is 11.1. The number of hydrogen-bond donors (Lipinski definition) is 0. The van der Waals surface area contributed by atoms with E-state index in [0.29, 0.717) is 29.2 Å². The molecule has 0 bridgehead atoms. The number of ether oxygens (including phenoxy) is 2. The van der Waals surface area contributed by atoms with Crippen molar-refractivity contribution in [3.63, 3.8) is 0 Å². The Bertz CT molecular complexity index is 768. The maximum atomic E-state index is 11.6. The molecule has 2 aromatic rings. The van der Waals surface area contributed by atoms with Crippen LogP contribution in [-0.4, -0.2) is 55.4 Å². The number of nitrogens with zero attached hydrogens (tertiary/aromatic N) is 3. The summed E-state index contributed by atoms with van der Waals surface area (Å²) in [5, 5.41) is 12.4. The predicted molar refractivity (Wildman–Crippen MR) is 103 cm³/mol. The number of nitro groups is 1. The molecule has 140 valence electrons. The third kappa shape index (κ3) is 4.86. The first-order valence-electron chi connectivity index (χ1n) is 8.11. The molecule has 0 spiro atoms. The lowest BCUT2D eigenvalue weighted by atomic mass is 10.0. The van der Waals surface area contributed by atoms with E-state index in [0.717, 1.165) is 18.0 Å². The second kappa shape index (κ2) is 9.40. The SMILES string of the molecule is COc1cc(-c2cccnc2SC)c([N+](=O)[O-])cc1OCCCN(C)C. The van der Waals surface area contributed by atoms with Gasteiger partial charge in [-0.05, 0) is 45.0 Å². The Morgan fingerprint density at radius 3 is 2.65 bits per heavy atom. The van der Waals surface area contributed by atoms with Gasteiger partial charge in [0.25, 0.3) is 5.69 Å². The van der Waals surface area contributed by atoms with Crippen molar-refractivity contribution in [3.05, 3.63) is 40.6 Å². The van der Waals surface area contributed by atoms with E-state index in [1.807, 2.05) is 26.4 Å². The van der Waals surface area contributed by atoms with E-state index < -0.39 is 4.92 Å². The van der Waals surface area contributed by atoms with Gasteiger partial charge in [0.1, 0.15) is 5.03 Å². The highest BCUT2D eigenvalue weighted by atomic mass is 32.2. The van der Waals surface area contributed by atoms with Crippen molar-refractivity contribution in [2.24, 2.45) is 0 Å². The van der Waals surface area contributed by atoms with Crippen molar-refractivity contribution in [1.82, 2.24) is 9.88 Å². The number of pyridine rings is 1. The zero-order chi connectivity index (χ0) is 19.1. The van der Waals surface area contributed by atoms with Crippen LogP contribution in [-0.2, 0) is 0 Å². The van der Waals surface area contributed by atoms with Crippen LogP contribution in [0.1, 0.15) is 6.42 Å². The fourth-order valence-electron chi connectivity index (χ4n) is 2.51. The predicted octanol–water partition coefficient (Wildman–Crippen LogP) is 3.72. The van der Waals surface area contributed by atoms with Gasteiger partial charge in [-0.3, -0.25) is 10.1 Å². The van der Waals surface area contributed by atoms with E-state index in [1.54, 1.807) is 18.3 Å². The van der Waals surface area contributed by atoms with Crippen molar-refractivity contribution in [2.45, 2.75) is 11.4 Å². The van der Waals surface area contributed by atoms with Gasteiger partial charge in [-0.25, -0.2) is 4.98 Å². The zero-order valence-corrected chi connectivity index (χ0v) is 16.2. The fraction of sp³-hybridized carbons (Fsp3) is 0.389. The topological polar surface area (TPSA) is 77.7 Å². The number of benzene rings is 1. The summed E-state index contributed by atoms with van der Waals surface area (Å²) >= 11 is 1.44. The lowest BCUT2D eigenvalue weighted by molar-refractivity contribution is -0.384. The van der Waals surface area contributed by atoms with Crippen LogP contribution >= 0.6 is 11.8 Å². The molecule has 0 radical (unpaired) electrons. The number of methoxy groups -OCH3 is 1. The summed E-state index contributed by atoms with van der Waals surface area (Å²) in [4.78, 5) is 17.6. The first-order chi connectivity index (χ1) is 12.5. The molecule has 0 unspecified atom stereocenters. The third-order valence-electron chi connectivity index (χ3n) is 3.74. The molecule has 1 heterocycles. The number of thioether (sulfide) groups is 1. The van der Waals surface area contributed by atoms with Gasteiger partial charge in [0.15, 0.2) is 11.5 Å². The fourth-order valence-corrected chi connectivity index (χ4v) is 3.07. The maximum absolute atomic E-state index is 11.6. The second-order valence-corrected chi connectivity index (χ2v) is 6.64. The Morgan fingerprint density at radius 2 is 2.04 bits per heavy atom. The summed E-state index contributed by atoms with van der Waals surface area (Å²) in [6, 6.07) is 6.66. The molecule has 0 saturated heterocycles. The summed E-state index contributed by atoms with van der Waals surface area (Å²) in [7, 11) is 5.49. The molecule has 7 nitrogen and oxygen atoms in total. The Labute approximate surface area is 157 Å². The van der Waals surface area contributed by atoms with Crippen LogP contribution < -0.4 is 9.47 Å². The van der Waals surface area contributed by atoms with Crippen LogP contribution in [0.25, 0.3) is 11.1 Å². The van der Waals surface area contributed by atoms with Gasteiger partial charge in [-0.1, -0.05) is 0 Å². The Hall–Kier alpha value is -2.32. The first kappa shape index (κ1) is 20.0. The van der Waals surface area contributed by atoms with E-state index in [1.165, 1.54) is 24.9 Å². The van der Waals surface area contributed by atoms with Crippen LogP contribution in [0, 0.1) is 10.1 Å². The molecule has 8 heteroatoms. The van der Waals surface area contributed by atoms with Gasteiger partial charge in [0, 0.05) is 18.3 Å². The number of hydrogen-bond acceptors (Lipinski definition) is 7. The van der Waals surface area contributed by atoms with Gasteiger partial charge in [-0.15, -0.1) is 11.8 Å². The molecule has 26 heavy (non-hydrogen) atoms. The summed E-state index contributed by atoms with van der Waals surface area (Å²) in [6.07, 6.45) is 4.36. The summed E-state index contributed by atoms with van der Waals surface area (Å²) in [5.74, 6) is 0.836. The van der Waals surface area contributed by atoms with E-state index in [9.17, 15) is 10.1 Å². The standard InChI is InChI=1S/C18H23N3O4S/c1-20(2)9-6-10-25-17-12-15(21(22)23)14(11-16(17)24-3)13-7-5-8-19-18(13)26-4/h5,7-8,11-12H,6,9-10H2,1-4H3. The highest BCUT2D eigenvalue weighted by molar-refractivity contribution is 7.98. The molecular weight excluding hydrogens is 354 g/mol. The minimum absolute atomic E-state index is 0.0308. The van der Waals surface area contributed by atoms with Crippen LogP contribution in [0.3, 0.4) is 0 Å². The Balaban J connectivity index is 2.42. The molecule has 0 N–H and O–H groups in total. The number of aromatic nitrogens is 1.